The maximum Gasteiger partial charge on any atom is 0.161 e. The van der Waals surface area contributed by atoms with E-state index in [1.165, 1.54) is 4.90 Å². The Hall–Kier alpha value is -3.38. The Morgan fingerprint density at radius 1 is 1.20 bits per heavy atom. The monoisotopic (exact) mass is 404 g/mol. The second kappa shape index (κ2) is 8.16. The predicted octanol–water partition coefficient (Wildman–Crippen LogP) is 1.57. The van der Waals surface area contributed by atoms with Crippen LogP contribution in [0.2, 0.25) is 0 Å². The number of aromatic nitrogens is 1. The number of carboxylic acids is 1. The fourth-order valence-corrected chi connectivity index (χ4v) is 4.06. The van der Waals surface area contributed by atoms with Crippen LogP contribution in [0.25, 0.3) is 22.6 Å². The van der Waals surface area contributed by atoms with Crippen molar-refractivity contribution in [3.63, 3.8) is 0 Å². The zero-order valence-corrected chi connectivity index (χ0v) is 17.3. The number of para-hydroxylation sites is 1. The number of nitrogens with zero attached hydrogens (tertiary/aromatic N) is 1. The van der Waals surface area contributed by atoms with Crippen molar-refractivity contribution in [2.45, 2.75) is 13.5 Å². The summed E-state index contributed by atoms with van der Waals surface area (Å²) in [7, 11) is 3.66. The molecule has 6 heteroatoms. The molecule has 1 N–H and O–H groups in total. The van der Waals surface area contributed by atoms with E-state index in [-0.39, 0.29) is 5.56 Å². The van der Waals surface area contributed by atoms with Crippen molar-refractivity contribution in [3.05, 3.63) is 64.8 Å². The van der Waals surface area contributed by atoms with E-state index in [0.29, 0.717) is 35.6 Å². The second-order valence-corrected chi connectivity index (χ2v) is 7.44. The molecule has 0 bridgehead atoms. The van der Waals surface area contributed by atoms with Gasteiger partial charge in [0.2, 0.25) is 0 Å². The number of hydrogen-bond acceptors (Lipinski definition) is 5. The first-order valence-electron chi connectivity index (χ1n) is 9.97. The van der Waals surface area contributed by atoms with Gasteiger partial charge in [-0.25, -0.2) is 4.98 Å². The van der Waals surface area contributed by atoms with Crippen molar-refractivity contribution in [1.29, 1.82) is 0 Å². The van der Waals surface area contributed by atoms with E-state index in [4.69, 9.17) is 14.5 Å². The first kappa shape index (κ1) is 19.9. The Morgan fingerprint density at radius 2 is 2.00 bits per heavy atom. The van der Waals surface area contributed by atoms with Gasteiger partial charge in [-0.05, 0) is 36.8 Å². The van der Waals surface area contributed by atoms with Crippen LogP contribution in [-0.4, -0.2) is 38.3 Å². The van der Waals surface area contributed by atoms with Crippen LogP contribution in [0.3, 0.4) is 0 Å². The summed E-state index contributed by atoms with van der Waals surface area (Å²) in [6.07, 6.45) is 2.04. The van der Waals surface area contributed by atoms with Crippen LogP contribution in [0.15, 0.2) is 42.5 Å². The first-order chi connectivity index (χ1) is 14.5. The molecule has 0 saturated carbocycles. The normalized spacial score (nSPS) is 17.0. The minimum atomic E-state index is -1.17. The Balaban J connectivity index is 1.89. The predicted molar refractivity (Wildman–Crippen MR) is 114 cm³/mol. The summed E-state index contributed by atoms with van der Waals surface area (Å²) in [5.41, 5.74) is 4.27. The molecule has 0 radical (unpaired) electrons. The summed E-state index contributed by atoms with van der Waals surface area (Å²) in [4.78, 5) is 18.1. The van der Waals surface area contributed by atoms with E-state index in [9.17, 15) is 9.90 Å². The van der Waals surface area contributed by atoms with Crippen LogP contribution in [0.1, 0.15) is 34.1 Å². The molecular formula is C24H24N2O4. The molecule has 154 valence electrons. The van der Waals surface area contributed by atoms with Crippen LogP contribution in [-0.2, 0) is 6.54 Å². The molecule has 1 atom stereocenters. The number of carbonyl (C=O) groups is 1. The molecule has 4 rings (SSSR count). The number of fused-ring (bicyclic) bond motifs is 2. The molecule has 1 aliphatic heterocycles. The van der Waals surface area contributed by atoms with Crippen molar-refractivity contribution in [1.82, 2.24) is 4.98 Å². The van der Waals surface area contributed by atoms with Gasteiger partial charge < -0.3 is 24.3 Å². The lowest BCUT2D eigenvalue weighted by molar-refractivity contribution is -0.887. The summed E-state index contributed by atoms with van der Waals surface area (Å²) < 4.78 is 11.1. The van der Waals surface area contributed by atoms with E-state index in [0.717, 1.165) is 28.9 Å². The maximum absolute atomic E-state index is 12.0. The van der Waals surface area contributed by atoms with Gasteiger partial charge in [-0.2, -0.15) is 0 Å². The molecule has 30 heavy (non-hydrogen) atoms. The summed E-state index contributed by atoms with van der Waals surface area (Å²) in [5.74, 6) is 0.184. The SMILES string of the molecule is CCOc1ccc(/C=C2\C[NH+](C)Cc3c2nc2ccccc2c3C(=O)[O-])cc1OC. The molecule has 0 amide bonds. The lowest BCUT2D eigenvalue weighted by atomic mass is 9.92. The van der Waals surface area contributed by atoms with E-state index in [2.05, 4.69) is 0 Å². The number of likely N-dealkylation sites (N-methyl/N-ethyl adjacent to an activating group) is 1. The average molecular weight is 404 g/mol. The van der Waals surface area contributed by atoms with Crippen LogP contribution < -0.4 is 19.5 Å². The van der Waals surface area contributed by atoms with Gasteiger partial charge in [0.05, 0.1) is 37.9 Å². The van der Waals surface area contributed by atoms with Crippen molar-refractivity contribution < 1.29 is 24.3 Å². The van der Waals surface area contributed by atoms with Crippen molar-refractivity contribution in [3.8, 4) is 11.5 Å². The smallest absolute Gasteiger partial charge is 0.161 e. The Labute approximate surface area is 175 Å². The summed E-state index contributed by atoms with van der Waals surface area (Å²) >= 11 is 0. The largest absolute Gasteiger partial charge is 0.545 e. The number of methoxy groups -OCH3 is 1. The molecule has 6 nitrogen and oxygen atoms in total. The number of carboxylic acid groups (broad SMARTS) is 1. The molecule has 0 spiro atoms. The van der Waals surface area contributed by atoms with Gasteiger partial charge in [0.15, 0.2) is 11.5 Å². The van der Waals surface area contributed by atoms with Crippen molar-refractivity contribution in [2.75, 3.05) is 27.3 Å². The lowest BCUT2D eigenvalue weighted by Gasteiger charge is -2.27. The van der Waals surface area contributed by atoms with Gasteiger partial charge >= 0.3 is 0 Å². The molecule has 1 unspecified atom stereocenters. The summed E-state index contributed by atoms with van der Waals surface area (Å²) in [6.45, 7) is 3.81. The third-order valence-electron chi connectivity index (χ3n) is 5.30. The van der Waals surface area contributed by atoms with Crippen LogP contribution in [0.4, 0.5) is 0 Å². The van der Waals surface area contributed by atoms with Gasteiger partial charge in [0.25, 0.3) is 0 Å². The highest BCUT2D eigenvalue weighted by Crippen LogP contribution is 2.32. The number of pyridine rings is 1. The molecule has 0 fully saturated rings. The van der Waals surface area contributed by atoms with E-state index >= 15 is 0 Å². The number of nitrogens with one attached hydrogen (secondary N) is 1. The van der Waals surface area contributed by atoms with Gasteiger partial charge in [-0.1, -0.05) is 24.3 Å². The topological polar surface area (TPSA) is 75.9 Å². The van der Waals surface area contributed by atoms with E-state index < -0.39 is 5.97 Å². The number of ether oxygens (including phenoxy) is 2. The number of rotatable bonds is 5. The molecule has 0 aliphatic carbocycles. The number of aromatic carboxylic acids is 1. The number of quaternary nitrogens is 1. The molecule has 0 saturated heterocycles. The van der Waals surface area contributed by atoms with Crippen LogP contribution in [0.5, 0.6) is 11.5 Å². The maximum atomic E-state index is 12.0. The van der Waals surface area contributed by atoms with Gasteiger partial charge in [0.1, 0.15) is 13.1 Å². The second-order valence-electron chi connectivity index (χ2n) is 7.44. The number of benzene rings is 2. The molecule has 3 aromatic rings. The molecule has 2 aromatic carbocycles. The van der Waals surface area contributed by atoms with E-state index in [1.54, 1.807) is 13.2 Å². The van der Waals surface area contributed by atoms with Crippen molar-refractivity contribution in [2.24, 2.45) is 0 Å². The third-order valence-corrected chi connectivity index (χ3v) is 5.30. The number of hydrogen-bond donors (Lipinski definition) is 1. The average Bonchev–Trinajstić information content (AvgIpc) is 2.73. The molecule has 1 aliphatic rings. The summed E-state index contributed by atoms with van der Waals surface area (Å²) in [5, 5.41) is 12.7. The summed E-state index contributed by atoms with van der Waals surface area (Å²) in [6, 6.07) is 13.1. The lowest BCUT2D eigenvalue weighted by Crippen LogP contribution is -3.08. The molecule has 1 aromatic heterocycles. The Morgan fingerprint density at radius 3 is 2.73 bits per heavy atom. The van der Waals surface area contributed by atoms with Crippen LogP contribution in [0, 0.1) is 0 Å². The quantitative estimate of drug-likeness (QED) is 0.699. The number of carbonyl (C=O) groups excluding carboxylic acids is 1. The Kier molecular flexibility index (Phi) is 5.42. The fraction of sp³-hybridized carbons (Fsp3) is 0.250. The standard InChI is InChI=1S/C24H24N2O4/c1-4-30-20-10-9-15(12-21(20)29-3)11-16-13-26(2)14-18-22(24(27)28)17-7-5-6-8-19(17)25-23(16)18/h5-12H,4,13-14H2,1-3H3,(H,27,28)/b16-11+. The van der Waals surface area contributed by atoms with Gasteiger partial charge in [-0.3, -0.25) is 0 Å². The van der Waals surface area contributed by atoms with Gasteiger partial charge in [-0.15, -0.1) is 0 Å². The van der Waals surface area contributed by atoms with Crippen LogP contribution >= 0.6 is 0 Å². The minimum Gasteiger partial charge on any atom is -0.545 e. The van der Waals surface area contributed by atoms with Crippen molar-refractivity contribution >= 4 is 28.5 Å². The highest BCUT2D eigenvalue weighted by molar-refractivity contribution is 6.05. The van der Waals surface area contributed by atoms with Gasteiger partial charge in [0, 0.05) is 22.1 Å². The zero-order valence-electron chi connectivity index (χ0n) is 17.3. The zero-order chi connectivity index (χ0) is 21.3. The molecule has 2 heterocycles. The Bertz CT molecular complexity index is 1150. The highest BCUT2D eigenvalue weighted by Gasteiger charge is 2.27. The fourth-order valence-electron chi connectivity index (χ4n) is 4.06. The first-order valence-corrected chi connectivity index (χ1v) is 9.97. The van der Waals surface area contributed by atoms with E-state index in [1.807, 2.05) is 56.4 Å². The highest BCUT2D eigenvalue weighted by atomic mass is 16.5. The molecular weight excluding hydrogens is 380 g/mol. The third kappa shape index (κ3) is 3.62. The minimum absolute atomic E-state index is 0.241.